The van der Waals surface area contributed by atoms with E-state index in [0.717, 1.165) is 5.69 Å². The Morgan fingerprint density at radius 1 is 1.27 bits per heavy atom. The second-order valence-corrected chi connectivity index (χ2v) is 5.45. The Morgan fingerprint density at radius 3 is 2.73 bits per heavy atom. The van der Waals surface area contributed by atoms with Crippen molar-refractivity contribution >= 4 is 22.6 Å². The summed E-state index contributed by atoms with van der Waals surface area (Å²) < 4.78 is 2.93. The van der Waals surface area contributed by atoms with Crippen molar-refractivity contribution < 1.29 is 0 Å². The lowest BCUT2D eigenvalue weighted by Crippen LogP contribution is -2.39. The van der Waals surface area contributed by atoms with E-state index >= 15 is 0 Å². The first-order valence-electron chi connectivity index (χ1n) is 6.96. The number of halogens is 1. The van der Waals surface area contributed by atoms with Crippen LogP contribution >= 0.6 is 11.6 Å². The highest BCUT2D eigenvalue weighted by Crippen LogP contribution is 2.13. The molecule has 0 unspecified atom stereocenters. The summed E-state index contributed by atoms with van der Waals surface area (Å²) in [5, 5.41) is 9.55. The van der Waals surface area contributed by atoms with Gasteiger partial charge in [-0.15, -0.1) is 0 Å². The third kappa shape index (κ3) is 2.23. The molecular formula is C16H15ClN4O. The smallest absolute Gasteiger partial charge is 0.283 e. The Bertz CT molecular complexity index is 988. The molecule has 22 heavy (non-hydrogen) atoms. The van der Waals surface area contributed by atoms with Gasteiger partial charge in [0.2, 0.25) is 0 Å². The lowest BCUT2D eigenvalue weighted by molar-refractivity contribution is 0.675. The summed E-state index contributed by atoms with van der Waals surface area (Å²) in [6, 6.07) is 10.6. The first-order chi connectivity index (χ1) is 10.5. The summed E-state index contributed by atoms with van der Waals surface area (Å²) in [6.07, 6.45) is 0. The van der Waals surface area contributed by atoms with Gasteiger partial charge >= 0.3 is 5.69 Å². The average molecular weight is 315 g/mol. The molecule has 112 valence electrons. The van der Waals surface area contributed by atoms with E-state index in [-0.39, 0.29) is 11.2 Å². The Balaban J connectivity index is 2.49. The number of nitrogens with one attached hydrogen (secondary N) is 1. The number of aromatic nitrogens is 3. The predicted octanol–water partition coefficient (Wildman–Crippen LogP) is 2.65. The number of benzene rings is 1. The van der Waals surface area contributed by atoms with E-state index in [1.807, 2.05) is 26.0 Å². The van der Waals surface area contributed by atoms with Gasteiger partial charge in [0.05, 0.1) is 11.1 Å². The predicted molar refractivity (Wildman–Crippen MR) is 86.6 cm³/mol. The zero-order valence-electron chi connectivity index (χ0n) is 12.3. The van der Waals surface area contributed by atoms with Crippen molar-refractivity contribution in [3.8, 4) is 5.69 Å². The largest absolute Gasteiger partial charge is 0.335 e. The number of fused-ring (bicyclic) bond motifs is 1. The van der Waals surface area contributed by atoms with Crippen molar-refractivity contribution in [3.05, 3.63) is 63.1 Å². The fraction of sp³-hybridized carbons (Fsp3) is 0.188. The van der Waals surface area contributed by atoms with Crippen LogP contribution < -0.4 is 11.2 Å². The maximum Gasteiger partial charge on any atom is 0.335 e. The summed E-state index contributed by atoms with van der Waals surface area (Å²) in [6.45, 7) is 4.23. The van der Waals surface area contributed by atoms with Gasteiger partial charge in [-0.2, -0.15) is 0 Å². The van der Waals surface area contributed by atoms with Gasteiger partial charge in [-0.05, 0) is 44.2 Å². The van der Waals surface area contributed by atoms with E-state index < -0.39 is 0 Å². The Hall–Kier alpha value is -2.40. The molecule has 0 aliphatic heterocycles. The van der Waals surface area contributed by atoms with Crippen molar-refractivity contribution in [2.24, 2.45) is 0 Å². The Kier molecular flexibility index (Phi) is 3.58. The molecule has 3 rings (SSSR count). The van der Waals surface area contributed by atoms with E-state index in [4.69, 9.17) is 17.0 Å². The van der Waals surface area contributed by atoms with Crippen LogP contribution in [0, 0.1) is 12.3 Å². The number of hydrogen-bond donors (Lipinski definition) is 1. The zero-order chi connectivity index (χ0) is 15.9. The standard InChI is InChI=1S/C16H15ClN4O/c1-3-20-15-13(8-7-10(2)19-15)14(18)21(16(20)22)12-6-4-5-11(17)9-12/h4-9,18H,3H2,1-2H3. The average Bonchev–Trinajstić information content (AvgIpc) is 2.47. The van der Waals surface area contributed by atoms with Crippen molar-refractivity contribution in [1.29, 1.82) is 5.41 Å². The maximum absolute atomic E-state index is 12.8. The number of hydrogen-bond acceptors (Lipinski definition) is 3. The maximum atomic E-state index is 12.8. The van der Waals surface area contributed by atoms with Gasteiger partial charge in [0.15, 0.2) is 0 Å². The van der Waals surface area contributed by atoms with Crippen molar-refractivity contribution in [2.75, 3.05) is 0 Å². The van der Waals surface area contributed by atoms with Gasteiger partial charge in [-0.25, -0.2) is 14.3 Å². The first-order valence-corrected chi connectivity index (χ1v) is 7.34. The summed E-state index contributed by atoms with van der Waals surface area (Å²) in [4.78, 5) is 17.2. The van der Waals surface area contributed by atoms with Crippen molar-refractivity contribution in [2.45, 2.75) is 20.4 Å². The molecule has 2 heterocycles. The molecular weight excluding hydrogens is 300 g/mol. The molecule has 0 bridgehead atoms. The molecule has 3 aromatic rings. The van der Waals surface area contributed by atoms with Crippen LogP contribution in [0.2, 0.25) is 5.02 Å². The van der Waals surface area contributed by atoms with E-state index in [1.54, 1.807) is 28.8 Å². The first kappa shape index (κ1) is 14.5. The zero-order valence-corrected chi connectivity index (χ0v) is 13.1. The van der Waals surface area contributed by atoms with Crippen molar-refractivity contribution in [3.63, 3.8) is 0 Å². The SMILES string of the molecule is CCn1c(=O)n(-c2cccc(Cl)c2)c(=N)c2ccc(C)nc21. The van der Waals surface area contributed by atoms with E-state index in [1.165, 1.54) is 4.57 Å². The highest BCUT2D eigenvalue weighted by atomic mass is 35.5. The summed E-state index contributed by atoms with van der Waals surface area (Å²) in [7, 11) is 0. The molecule has 0 aliphatic rings. The van der Waals surface area contributed by atoms with E-state index in [9.17, 15) is 4.79 Å². The molecule has 0 radical (unpaired) electrons. The fourth-order valence-corrected chi connectivity index (χ4v) is 2.69. The summed E-state index contributed by atoms with van der Waals surface area (Å²) >= 11 is 6.02. The molecule has 0 saturated carbocycles. The minimum atomic E-state index is -0.291. The van der Waals surface area contributed by atoms with Gasteiger partial charge in [0, 0.05) is 17.3 Å². The van der Waals surface area contributed by atoms with E-state index in [0.29, 0.717) is 28.3 Å². The fourth-order valence-electron chi connectivity index (χ4n) is 2.50. The monoisotopic (exact) mass is 314 g/mol. The topological polar surface area (TPSA) is 63.7 Å². The lowest BCUT2D eigenvalue weighted by Gasteiger charge is -2.13. The molecule has 1 aromatic carbocycles. The molecule has 0 amide bonds. The van der Waals surface area contributed by atoms with Crippen LogP contribution in [-0.4, -0.2) is 14.1 Å². The molecule has 6 heteroatoms. The number of rotatable bonds is 2. The highest BCUT2D eigenvalue weighted by molar-refractivity contribution is 6.30. The second-order valence-electron chi connectivity index (χ2n) is 5.01. The molecule has 5 nitrogen and oxygen atoms in total. The van der Waals surface area contributed by atoms with Crippen LogP contribution in [-0.2, 0) is 6.54 Å². The Labute approximate surface area is 131 Å². The molecule has 0 aliphatic carbocycles. The number of pyridine rings is 1. The third-order valence-electron chi connectivity index (χ3n) is 3.55. The van der Waals surface area contributed by atoms with Gasteiger partial charge in [-0.1, -0.05) is 17.7 Å². The Morgan fingerprint density at radius 2 is 2.05 bits per heavy atom. The van der Waals surface area contributed by atoms with Crippen LogP contribution in [0.3, 0.4) is 0 Å². The number of nitrogens with zero attached hydrogens (tertiary/aromatic N) is 3. The van der Waals surface area contributed by atoms with Crippen LogP contribution in [0.25, 0.3) is 16.7 Å². The minimum absolute atomic E-state index is 0.111. The van der Waals surface area contributed by atoms with Crippen LogP contribution in [0.5, 0.6) is 0 Å². The summed E-state index contributed by atoms with van der Waals surface area (Å²) in [5.74, 6) is 0. The van der Waals surface area contributed by atoms with Gasteiger partial charge in [0.1, 0.15) is 11.1 Å². The lowest BCUT2D eigenvalue weighted by atomic mass is 10.2. The van der Waals surface area contributed by atoms with Gasteiger partial charge < -0.3 is 0 Å². The number of aryl methyl sites for hydroxylation is 2. The minimum Gasteiger partial charge on any atom is -0.283 e. The highest BCUT2D eigenvalue weighted by Gasteiger charge is 2.13. The molecule has 1 N–H and O–H groups in total. The third-order valence-corrected chi connectivity index (χ3v) is 3.79. The van der Waals surface area contributed by atoms with Crippen LogP contribution in [0.15, 0.2) is 41.2 Å². The molecule has 0 spiro atoms. The normalized spacial score (nSPS) is 11.0. The van der Waals surface area contributed by atoms with Gasteiger partial charge in [-0.3, -0.25) is 9.98 Å². The van der Waals surface area contributed by atoms with Gasteiger partial charge in [0.25, 0.3) is 0 Å². The van der Waals surface area contributed by atoms with Crippen molar-refractivity contribution in [1.82, 2.24) is 14.1 Å². The quantitative estimate of drug-likeness (QED) is 0.790. The molecule has 0 saturated heterocycles. The molecule has 0 atom stereocenters. The second kappa shape index (κ2) is 5.42. The van der Waals surface area contributed by atoms with Crippen LogP contribution in [0.4, 0.5) is 0 Å². The molecule has 0 fully saturated rings. The molecule has 2 aromatic heterocycles. The van der Waals surface area contributed by atoms with Crippen LogP contribution in [0.1, 0.15) is 12.6 Å². The summed E-state index contributed by atoms with van der Waals surface area (Å²) in [5.41, 5.74) is 1.75. The van der Waals surface area contributed by atoms with E-state index in [2.05, 4.69) is 4.98 Å².